The summed E-state index contributed by atoms with van der Waals surface area (Å²) in [4.78, 5) is 50.6. The van der Waals surface area contributed by atoms with E-state index < -0.39 is 63.3 Å². The van der Waals surface area contributed by atoms with Crippen LogP contribution in [-0.4, -0.2) is 126 Å². The molecule has 9 rings (SSSR count). The van der Waals surface area contributed by atoms with Crippen LogP contribution in [0.5, 0.6) is 5.75 Å². The van der Waals surface area contributed by atoms with Crippen LogP contribution in [0.15, 0.2) is 42.5 Å². The molecule has 1 saturated carbocycles. The summed E-state index contributed by atoms with van der Waals surface area (Å²) >= 11 is 0. The second kappa shape index (κ2) is 13.8. The maximum Gasteiger partial charge on any atom is 0.344 e. The number of carbonyl (C=O) groups is 3. The van der Waals surface area contributed by atoms with Crippen molar-refractivity contribution in [3.8, 4) is 5.75 Å². The number of piperidine rings is 1. The summed E-state index contributed by atoms with van der Waals surface area (Å²) in [5.41, 5.74) is -2.93. The number of aliphatic hydroxyl groups is 2. The van der Waals surface area contributed by atoms with Gasteiger partial charge in [0.15, 0.2) is 6.10 Å². The van der Waals surface area contributed by atoms with Gasteiger partial charge in [-0.2, -0.15) is 0 Å². The van der Waals surface area contributed by atoms with Crippen molar-refractivity contribution in [1.29, 1.82) is 0 Å². The normalized spacial score (nSPS) is 36.8. The van der Waals surface area contributed by atoms with E-state index in [1.165, 1.54) is 40.4 Å². The molecule has 0 radical (unpaired) electrons. The van der Waals surface area contributed by atoms with Gasteiger partial charge in [0.25, 0.3) is 0 Å². The molecule has 3 aromatic rings. The Morgan fingerprint density at radius 2 is 1.76 bits per heavy atom. The van der Waals surface area contributed by atoms with E-state index in [-0.39, 0.29) is 18.4 Å². The maximum absolute atomic E-state index is 15.2. The van der Waals surface area contributed by atoms with Gasteiger partial charge in [-0.15, -0.1) is 0 Å². The van der Waals surface area contributed by atoms with Crippen LogP contribution in [0.25, 0.3) is 10.9 Å². The number of hydrogen-bond donors (Lipinski definition) is 4. The molecule has 59 heavy (non-hydrogen) atoms. The predicted octanol–water partition coefficient (Wildman–Crippen LogP) is 4.11. The molecule has 2 bridgehead atoms. The third-order valence-corrected chi connectivity index (χ3v) is 15.3. The number of carbonyl (C=O) groups excluding carboxylic acids is 3. The Hall–Kier alpha value is -4.50. The van der Waals surface area contributed by atoms with Crippen LogP contribution >= 0.6 is 0 Å². The molecule has 1 aliphatic carbocycles. The summed E-state index contributed by atoms with van der Waals surface area (Å²) in [7, 11) is 4.13. The first-order valence-corrected chi connectivity index (χ1v) is 20.9. The van der Waals surface area contributed by atoms with Gasteiger partial charge < -0.3 is 39.5 Å². The lowest BCUT2D eigenvalue weighted by Crippen LogP contribution is -2.80. The Kier molecular flexibility index (Phi) is 9.32. The molecule has 2 aromatic carbocycles. The molecule has 1 aromatic heterocycles. The number of methoxy groups -OCH3 is 3. The highest BCUT2D eigenvalue weighted by atomic mass is 19.1. The highest BCUT2D eigenvalue weighted by molar-refractivity contribution is 5.95. The number of nitrogens with zero attached hydrogens (tertiary/aromatic N) is 2. The van der Waals surface area contributed by atoms with Crippen LogP contribution in [0.2, 0.25) is 0 Å². The van der Waals surface area contributed by atoms with Crippen LogP contribution in [0.4, 0.5) is 10.1 Å². The minimum atomic E-state index is -2.35. The van der Waals surface area contributed by atoms with Crippen molar-refractivity contribution in [1.82, 2.24) is 14.8 Å². The van der Waals surface area contributed by atoms with E-state index in [1.807, 2.05) is 38.1 Å². The van der Waals surface area contributed by atoms with Gasteiger partial charge in [0.05, 0.1) is 33.0 Å². The van der Waals surface area contributed by atoms with E-state index in [0.29, 0.717) is 98.4 Å². The number of nitrogens with one attached hydrogen (secondary N) is 2. The van der Waals surface area contributed by atoms with Crippen LogP contribution < -0.4 is 10.1 Å². The molecule has 6 aliphatic rings. The number of hydrogen-bond acceptors (Lipinski definition) is 12. The van der Waals surface area contributed by atoms with Gasteiger partial charge in [0, 0.05) is 83.9 Å². The maximum atomic E-state index is 15.2. The Morgan fingerprint density at radius 1 is 0.983 bits per heavy atom. The van der Waals surface area contributed by atoms with Crippen molar-refractivity contribution in [3.05, 3.63) is 70.7 Å². The van der Waals surface area contributed by atoms with Gasteiger partial charge >= 0.3 is 17.9 Å². The molecule has 10 atom stereocenters. The van der Waals surface area contributed by atoms with Crippen LogP contribution in [-0.2, 0) is 45.8 Å². The molecule has 2 unspecified atom stereocenters. The molecule has 2 saturated heterocycles. The van der Waals surface area contributed by atoms with Crippen LogP contribution in [0.3, 0.4) is 0 Å². The van der Waals surface area contributed by atoms with E-state index in [1.54, 1.807) is 6.07 Å². The van der Waals surface area contributed by atoms with Crippen LogP contribution in [0, 0.1) is 17.2 Å². The second-order valence-corrected chi connectivity index (χ2v) is 17.9. The Labute approximate surface area is 343 Å². The summed E-state index contributed by atoms with van der Waals surface area (Å²) in [6.45, 7) is 8.16. The summed E-state index contributed by atoms with van der Waals surface area (Å²) in [6.07, 6.45) is 5.36. The van der Waals surface area contributed by atoms with Gasteiger partial charge in [-0.25, -0.2) is 9.18 Å². The Morgan fingerprint density at radius 3 is 2.46 bits per heavy atom. The van der Waals surface area contributed by atoms with Gasteiger partial charge in [-0.1, -0.05) is 26.0 Å². The molecule has 3 fully saturated rings. The number of ether oxygens (including phenoxy) is 4. The average Bonchev–Trinajstić information content (AvgIpc) is 3.91. The van der Waals surface area contributed by atoms with E-state index in [4.69, 9.17) is 18.9 Å². The molecule has 6 heterocycles. The number of esters is 3. The zero-order chi connectivity index (χ0) is 41.9. The van der Waals surface area contributed by atoms with Crippen molar-refractivity contribution >= 4 is 34.5 Å². The molecule has 316 valence electrons. The first kappa shape index (κ1) is 39.9. The summed E-state index contributed by atoms with van der Waals surface area (Å²) in [6, 6.07) is 7.06. The third kappa shape index (κ3) is 5.31. The zero-order valence-electron chi connectivity index (χ0n) is 34.7. The fourth-order valence-electron chi connectivity index (χ4n) is 13.0. The van der Waals surface area contributed by atoms with Crippen molar-refractivity contribution in [2.24, 2.45) is 11.3 Å². The van der Waals surface area contributed by atoms with E-state index in [9.17, 15) is 19.8 Å². The molecule has 4 N–H and O–H groups in total. The van der Waals surface area contributed by atoms with Gasteiger partial charge in [0.2, 0.25) is 5.60 Å². The monoisotopic (exact) mass is 814 g/mol. The number of fused-ring (bicyclic) bond motifs is 6. The summed E-state index contributed by atoms with van der Waals surface area (Å²) < 4.78 is 38.7. The van der Waals surface area contributed by atoms with Crippen LogP contribution in [0.1, 0.15) is 75.3 Å². The van der Waals surface area contributed by atoms with E-state index >= 15 is 9.18 Å². The highest BCUT2D eigenvalue weighted by Crippen LogP contribution is 2.67. The fourth-order valence-corrected chi connectivity index (χ4v) is 13.0. The Bertz CT molecular complexity index is 2280. The summed E-state index contributed by atoms with van der Waals surface area (Å²) in [5.74, 6) is -2.31. The number of anilines is 1. The number of aromatic amines is 1. The average molecular weight is 815 g/mol. The second-order valence-electron chi connectivity index (χ2n) is 17.9. The van der Waals surface area contributed by atoms with E-state index in [2.05, 4.69) is 20.1 Å². The first-order chi connectivity index (χ1) is 28.2. The minimum Gasteiger partial charge on any atom is -0.496 e. The molecule has 13 nitrogen and oxygen atoms in total. The standard InChI is InChI=1S/C45H55FN4O9/c1-7-41(54)21-26-22-44(39(52)57-5,35-28(12-16-49(23-26)24-41)29-18-27(46)10-11-32(29)47-35)31-19-30-33(20-34(31)56-4)48-36-43(30)14-17-50-15-9-13-42(8-2,37(43)50)38(59-25(3)51)45(36,55)40(53)58-6/h9-11,13,18-20,26,36-38,47-48,54-55H,7-8,12,14-17,21-24H2,1-6H3/t26-,36+,37-,38+,41?,42+,43-,44-,45-/m0/s1. The lowest BCUT2D eigenvalue weighted by Gasteiger charge is -2.62. The third-order valence-electron chi connectivity index (χ3n) is 15.3. The summed E-state index contributed by atoms with van der Waals surface area (Å²) in [5, 5.41) is 29.3. The largest absolute Gasteiger partial charge is 0.496 e. The smallest absolute Gasteiger partial charge is 0.344 e. The fraction of sp³-hybridized carbons (Fsp3) is 0.578. The lowest BCUT2D eigenvalue weighted by molar-refractivity contribution is -0.226. The zero-order valence-corrected chi connectivity index (χ0v) is 34.7. The SMILES string of the molecule is CCC1(O)C[C@@H]2CN(CCc3c([nH]c4ccc(F)cc34)[C@@](C(=O)OC)(c3cc4c(cc3OC)N[C@H]3[C@@](O)(C(=O)OC)[C@H](OC(C)=O)[C@]5(CC)C=CCN6CC[C@]43[C@@H]65)C2)C1. The minimum absolute atomic E-state index is 0.175. The molecular weight excluding hydrogens is 760 g/mol. The first-order valence-electron chi connectivity index (χ1n) is 20.9. The number of benzene rings is 2. The highest BCUT2D eigenvalue weighted by Gasteiger charge is 2.79. The van der Waals surface area contributed by atoms with Crippen molar-refractivity contribution in [2.75, 3.05) is 59.4 Å². The molecule has 5 aliphatic heterocycles. The van der Waals surface area contributed by atoms with Crippen molar-refractivity contribution < 1.29 is 47.9 Å². The topological polar surface area (TPSA) is 163 Å². The quantitative estimate of drug-likeness (QED) is 0.154. The predicted molar refractivity (Wildman–Crippen MR) is 216 cm³/mol. The Balaban J connectivity index is 1.35. The van der Waals surface area contributed by atoms with Gasteiger partial charge in [0.1, 0.15) is 17.0 Å². The van der Waals surface area contributed by atoms with Gasteiger partial charge in [-0.3, -0.25) is 19.4 Å². The molecule has 0 amide bonds. The van der Waals surface area contributed by atoms with Crippen molar-refractivity contribution in [3.63, 3.8) is 0 Å². The van der Waals surface area contributed by atoms with Gasteiger partial charge in [-0.05, 0) is 86.4 Å². The molecule has 1 spiro atoms. The number of halogens is 1. The molecular formula is C45H55FN4O9. The number of H-pyrrole nitrogens is 1. The molecule has 14 heteroatoms. The van der Waals surface area contributed by atoms with Crippen molar-refractivity contribution in [2.45, 2.75) is 99.5 Å². The lowest BCUT2D eigenvalue weighted by atomic mass is 9.47. The van der Waals surface area contributed by atoms with E-state index in [0.717, 1.165) is 11.1 Å². The number of aromatic nitrogens is 1. The number of rotatable bonds is 7.